The molecule has 1 aromatic carbocycles. The Bertz CT molecular complexity index is 728. The zero-order valence-electron chi connectivity index (χ0n) is 16.2. The summed E-state index contributed by atoms with van der Waals surface area (Å²) in [5.74, 6) is 2.24. The van der Waals surface area contributed by atoms with Crippen LogP contribution in [0.5, 0.6) is 0 Å². The van der Waals surface area contributed by atoms with Crippen LogP contribution < -0.4 is 15.5 Å². The van der Waals surface area contributed by atoms with Gasteiger partial charge in [-0.3, -0.25) is 4.99 Å². The summed E-state index contributed by atoms with van der Waals surface area (Å²) in [5, 5.41) is 6.83. The Morgan fingerprint density at radius 1 is 1.15 bits per heavy atom. The van der Waals surface area contributed by atoms with Crippen LogP contribution in [0.2, 0.25) is 0 Å². The molecule has 1 aliphatic heterocycles. The van der Waals surface area contributed by atoms with Crippen molar-refractivity contribution in [3.05, 3.63) is 59.8 Å². The molecule has 1 atom stereocenters. The molecule has 0 bridgehead atoms. The Morgan fingerprint density at radius 3 is 2.67 bits per heavy atom. The molecule has 2 heterocycles. The molecular weight excluding hydrogens is 338 g/mol. The number of benzene rings is 1. The van der Waals surface area contributed by atoms with Gasteiger partial charge < -0.3 is 20.3 Å². The van der Waals surface area contributed by atoms with Crippen molar-refractivity contribution in [1.29, 1.82) is 0 Å². The normalized spacial score (nSPS) is 16.1. The number of guanidine groups is 1. The molecule has 27 heavy (non-hydrogen) atoms. The minimum absolute atomic E-state index is 0.409. The molecule has 1 aromatic heterocycles. The van der Waals surface area contributed by atoms with Crippen molar-refractivity contribution in [1.82, 2.24) is 15.6 Å². The van der Waals surface area contributed by atoms with Gasteiger partial charge in [0.05, 0.1) is 13.2 Å². The molecule has 2 N–H and O–H groups in total. The van der Waals surface area contributed by atoms with Gasteiger partial charge in [0, 0.05) is 45.0 Å². The van der Waals surface area contributed by atoms with Crippen molar-refractivity contribution < 1.29 is 4.74 Å². The lowest BCUT2D eigenvalue weighted by molar-refractivity contribution is 0.122. The van der Waals surface area contributed by atoms with Gasteiger partial charge in [0.15, 0.2) is 5.96 Å². The number of morpholine rings is 1. The minimum atomic E-state index is 0.409. The molecule has 1 saturated heterocycles. The van der Waals surface area contributed by atoms with Crippen molar-refractivity contribution >= 4 is 11.8 Å². The minimum Gasteiger partial charge on any atom is -0.378 e. The summed E-state index contributed by atoms with van der Waals surface area (Å²) in [6, 6.07) is 14.6. The Labute approximate surface area is 161 Å². The summed E-state index contributed by atoms with van der Waals surface area (Å²) in [6.45, 7) is 6.99. The van der Waals surface area contributed by atoms with Gasteiger partial charge >= 0.3 is 0 Å². The highest BCUT2D eigenvalue weighted by atomic mass is 16.5. The van der Waals surface area contributed by atoms with Crippen LogP contribution in [0.1, 0.15) is 24.0 Å². The molecule has 1 aliphatic rings. The predicted octanol–water partition coefficient (Wildman–Crippen LogP) is 2.39. The fourth-order valence-electron chi connectivity index (χ4n) is 3.18. The Morgan fingerprint density at radius 2 is 1.93 bits per heavy atom. The second-order valence-corrected chi connectivity index (χ2v) is 6.70. The van der Waals surface area contributed by atoms with Gasteiger partial charge in [-0.25, -0.2) is 4.98 Å². The van der Waals surface area contributed by atoms with Gasteiger partial charge in [-0.2, -0.15) is 0 Å². The number of aromatic nitrogens is 1. The second-order valence-electron chi connectivity index (χ2n) is 6.70. The number of nitrogens with zero attached hydrogens (tertiary/aromatic N) is 3. The number of rotatable bonds is 6. The SMILES string of the molecule is CN=C(NCc1cccnc1N1CCOCC1)NCC(C)c1ccccc1. The third kappa shape index (κ3) is 5.44. The molecule has 0 radical (unpaired) electrons. The van der Waals surface area contributed by atoms with Crippen molar-refractivity contribution in [3.63, 3.8) is 0 Å². The first-order chi connectivity index (χ1) is 13.3. The van der Waals surface area contributed by atoms with E-state index in [-0.39, 0.29) is 0 Å². The van der Waals surface area contributed by atoms with Crippen molar-refractivity contribution in [2.75, 3.05) is 44.8 Å². The molecule has 0 spiro atoms. The molecule has 3 rings (SSSR count). The number of anilines is 1. The molecule has 2 aromatic rings. The summed E-state index contributed by atoms with van der Waals surface area (Å²) in [5.41, 5.74) is 2.49. The standard InChI is InChI=1S/C21H29N5O/c1-17(18-7-4-3-5-8-18)15-24-21(22-2)25-16-19-9-6-10-23-20(19)26-11-13-27-14-12-26/h3-10,17H,11-16H2,1-2H3,(H2,22,24,25). The summed E-state index contributed by atoms with van der Waals surface area (Å²) in [7, 11) is 1.80. The number of aliphatic imine (C=N–C) groups is 1. The van der Waals surface area contributed by atoms with Crippen LogP contribution in [0.15, 0.2) is 53.7 Å². The summed E-state index contributed by atoms with van der Waals surface area (Å²) < 4.78 is 5.45. The number of ether oxygens (including phenoxy) is 1. The first kappa shape index (κ1) is 19.2. The van der Waals surface area contributed by atoms with E-state index in [0.717, 1.165) is 44.6 Å². The largest absolute Gasteiger partial charge is 0.378 e. The zero-order chi connectivity index (χ0) is 18.9. The van der Waals surface area contributed by atoms with Gasteiger partial charge in [-0.05, 0) is 17.5 Å². The number of nitrogens with one attached hydrogen (secondary N) is 2. The number of hydrogen-bond donors (Lipinski definition) is 2. The second kappa shape index (κ2) is 9.92. The smallest absolute Gasteiger partial charge is 0.191 e. The number of pyridine rings is 1. The lowest BCUT2D eigenvalue weighted by Gasteiger charge is -2.29. The molecule has 0 aliphatic carbocycles. The fourth-order valence-corrected chi connectivity index (χ4v) is 3.18. The molecule has 6 heteroatoms. The van der Waals surface area contributed by atoms with E-state index < -0.39 is 0 Å². The third-order valence-electron chi connectivity index (χ3n) is 4.79. The first-order valence-electron chi connectivity index (χ1n) is 9.54. The Kier molecular flexibility index (Phi) is 7.04. The summed E-state index contributed by atoms with van der Waals surface area (Å²) in [6.07, 6.45) is 1.85. The summed E-state index contributed by atoms with van der Waals surface area (Å²) >= 11 is 0. The van der Waals surface area contributed by atoms with Crippen molar-refractivity contribution in [2.24, 2.45) is 4.99 Å². The fraction of sp³-hybridized carbons (Fsp3) is 0.429. The van der Waals surface area contributed by atoms with Gasteiger partial charge in [0.1, 0.15) is 5.82 Å². The van der Waals surface area contributed by atoms with E-state index in [1.807, 2.05) is 18.3 Å². The molecular formula is C21H29N5O. The third-order valence-corrected chi connectivity index (χ3v) is 4.79. The average molecular weight is 367 g/mol. The molecule has 144 valence electrons. The van der Waals surface area contributed by atoms with Crippen LogP contribution in [0, 0.1) is 0 Å². The van der Waals surface area contributed by atoms with Crippen LogP contribution in [-0.2, 0) is 11.3 Å². The highest BCUT2D eigenvalue weighted by Gasteiger charge is 2.16. The van der Waals surface area contributed by atoms with Crippen LogP contribution >= 0.6 is 0 Å². The van der Waals surface area contributed by atoms with Crippen molar-refractivity contribution in [3.8, 4) is 0 Å². The molecule has 6 nitrogen and oxygen atoms in total. The quantitative estimate of drug-likeness (QED) is 0.606. The maximum Gasteiger partial charge on any atom is 0.191 e. The van der Waals surface area contributed by atoms with E-state index in [2.05, 4.69) is 62.8 Å². The van der Waals surface area contributed by atoms with E-state index >= 15 is 0 Å². The first-order valence-corrected chi connectivity index (χ1v) is 9.54. The molecule has 0 amide bonds. The Hall–Kier alpha value is -2.60. The zero-order valence-corrected chi connectivity index (χ0v) is 16.2. The highest BCUT2D eigenvalue weighted by molar-refractivity contribution is 5.79. The molecule has 1 unspecified atom stereocenters. The maximum atomic E-state index is 5.45. The van der Waals surface area contributed by atoms with E-state index in [0.29, 0.717) is 12.5 Å². The monoisotopic (exact) mass is 367 g/mol. The van der Waals surface area contributed by atoms with Gasteiger partial charge in [-0.1, -0.05) is 43.3 Å². The lowest BCUT2D eigenvalue weighted by atomic mass is 10.0. The number of hydrogen-bond acceptors (Lipinski definition) is 4. The molecule has 0 saturated carbocycles. The van der Waals surface area contributed by atoms with E-state index in [9.17, 15) is 0 Å². The van der Waals surface area contributed by atoms with Crippen LogP contribution in [0.4, 0.5) is 5.82 Å². The average Bonchev–Trinajstić information content (AvgIpc) is 2.75. The van der Waals surface area contributed by atoms with Crippen molar-refractivity contribution in [2.45, 2.75) is 19.4 Å². The van der Waals surface area contributed by atoms with Gasteiger partial charge in [-0.15, -0.1) is 0 Å². The molecule has 1 fully saturated rings. The topological polar surface area (TPSA) is 61.8 Å². The lowest BCUT2D eigenvalue weighted by Crippen LogP contribution is -2.40. The summed E-state index contributed by atoms with van der Waals surface area (Å²) in [4.78, 5) is 11.2. The maximum absolute atomic E-state index is 5.45. The van der Waals surface area contributed by atoms with E-state index in [4.69, 9.17) is 4.74 Å². The Balaban J connectivity index is 1.55. The predicted molar refractivity (Wildman–Crippen MR) is 110 cm³/mol. The van der Waals surface area contributed by atoms with Crippen LogP contribution in [-0.4, -0.2) is 50.8 Å². The van der Waals surface area contributed by atoms with Crippen LogP contribution in [0.25, 0.3) is 0 Å². The van der Waals surface area contributed by atoms with Gasteiger partial charge in [0.2, 0.25) is 0 Å². The highest BCUT2D eigenvalue weighted by Crippen LogP contribution is 2.18. The van der Waals surface area contributed by atoms with Gasteiger partial charge in [0.25, 0.3) is 0 Å². The van der Waals surface area contributed by atoms with E-state index in [1.165, 1.54) is 11.1 Å². The van der Waals surface area contributed by atoms with Crippen LogP contribution in [0.3, 0.4) is 0 Å². The van der Waals surface area contributed by atoms with E-state index in [1.54, 1.807) is 7.05 Å².